The fourth-order valence-electron chi connectivity index (χ4n) is 3.41. The zero-order valence-electron chi connectivity index (χ0n) is 16.2. The molecule has 3 rings (SSSR count). The van der Waals surface area contributed by atoms with E-state index in [1.54, 1.807) is 6.07 Å². The summed E-state index contributed by atoms with van der Waals surface area (Å²) in [5, 5.41) is 3.04. The Kier molecular flexibility index (Phi) is 5.94. The number of likely N-dealkylation sites (tertiary alicyclic amines) is 1. The third-order valence-corrected chi connectivity index (χ3v) is 5.24. The van der Waals surface area contributed by atoms with Gasteiger partial charge in [-0.2, -0.15) is 0 Å². The number of amides is 2. The van der Waals surface area contributed by atoms with Gasteiger partial charge in [-0.05, 0) is 51.3 Å². The molecule has 0 radical (unpaired) electrons. The minimum atomic E-state index is -0.0660. The molecule has 0 saturated carbocycles. The van der Waals surface area contributed by atoms with Gasteiger partial charge in [0.25, 0.3) is 11.8 Å². The largest absolute Gasteiger partial charge is 0.472 e. The minimum absolute atomic E-state index is 0.00543. The van der Waals surface area contributed by atoms with Crippen molar-refractivity contribution in [1.82, 2.24) is 15.2 Å². The molecular formula is C21H27N3O3. The second-order valence-electron chi connectivity index (χ2n) is 7.25. The number of piperidine rings is 1. The minimum Gasteiger partial charge on any atom is -0.472 e. The van der Waals surface area contributed by atoms with Gasteiger partial charge in [-0.25, -0.2) is 0 Å². The lowest BCUT2D eigenvalue weighted by Gasteiger charge is -2.32. The van der Waals surface area contributed by atoms with E-state index < -0.39 is 0 Å². The zero-order valence-corrected chi connectivity index (χ0v) is 16.2. The van der Waals surface area contributed by atoms with E-state index in [2.05, 4.69) is 5.32 Å². The molecule has 144 valence electrons. The van der Waals surface area contributed by atoms with Crippen molar-refractivity contribution >= 4 is 11.8 Å². The van der Waals surface area contributed by atoms with E-state index >= 15 is 0 Å². The van der Waals surface area contributed by atoms with Crippen LogP contribution in [0.5, 0.6) is 0 Å². The fourth-order valence-corrected chi connectivity index (χ4v) is 3.41. The van der Waals surface area contributed by atoms with Gasteiger partial charge in [-0.3, -0.25) is 14.6 Å². The summed E-state index contributed by atoms with van der Waals surface area (Å²) in [6, 6.07) is 5.57. The van der Waals surface area contributed by atoms with Gasteiger partial charge in [0.05, 0.1) is 23.1 Å². The van der Waals surface area contributed by atoms with E-state index in [-0.39, 0.29) is 23.8 Å². The quantitative estimate of drug-likeness (QED) is 0.875. The lowest BCUT2D eigenvalue weighted by Crippen LogP contribution is -2.38. The summed E-state index contributed by atoms with van der Waals surface area (Å²) in [7, 11) is 0. The average Bonchev–Trinajstić information content (AvgIpc) is 3.22. The van der Waals surface area contributed by atoms with Gasteiger partial charge < -0.3 is 14.6 Å². The van der Waals surface area contributed by atoms with Crippen LogP contribution >= 0.6 is 0 Å². The maximum atomic E-state index is 12.7. The molecule has 2 amide bonds. The second kappa shape index (κ2) is 8.37. The molecule has 2 aromatic heterocycles. The molecule has 0 aromatic carbocycles. The topological polar surface area (TPSA) is 75.4 Å². The summed E-state index contributed by atoms with van der Waals surface area (Å²) in [5.74, 6) is 0.105. The number of rotatable bonds is 5. The average molecular weight is 369 g/mol. The van der Waals surface area contributed by atoms with Crippen LogP contribution < -0.4 is 5.32 Å². The van der Waals surface area contributed by atoms with Crippen LogP contribution in [0.25, 0.3) is 0 Å². The van der Waals surface area contributed by atoms with Crippen LogP contribution in [-0.4, -0.2) is 40.8 Å². The van der Waals surface area contributed by atoms with Crippen LogP contribution in [0.1, 0.15) is 71.1 Å². The lowest BCUT2D eigenvalue weighted by molar-refractivity contribution is 0.0709. The Morgan fingerprint density at radius 2 is 2.04 bits per heavy atom. The highest BCUT2D eigenvalue weighted by molar-refractivity contribution is 5.96. The first kappa shape index (κ1) is 19.1. The highest BCUT2D eigenvalue weighted by Crippen LogP contribution is 2.30. The monoisotopic (exact) mass is 369 g/mol. The summed E-state index contributed by atoms with van der Waals surface area (Å²) >= 11 is 0. The third-order valence-electron chi connectivity index (χ3n) is 5.24. The first-order chi connectivity index (χ1) is 13.0. The number of pyridine rings is 1. The summed E-state index contributed by atoms with van der Waals surface area (Å²) in [5.41, 5.74) is 2.99. The highest BCUT2D eigenvalue weighted by atomic mass is 16.3. The number of furan rings is 1. The van der Waals surface area contributed by atoms with Crippen LogP contribution in [0.2, 0.25) is 0 Å². The van der Waals surface area contributed by atoms with Crippen molar-refractivity contribution in [3.8, 4) is 0 Å². The normalized spacial score (nSPS) is 16.2. The Morgan fingerprint density at radius 1 is 1.30 bits per heavy atom. The van der Waals surface area contributed by atoms with E-state index in [4.69, 9.17) is 9.40 Å². The van der Waals surface area contributed by atoms with Crippen LogP contribution in [0.4, 0.5) is 0 Å². The molecule has 1 saturated heterocycles. The van der Waals surface area contributed by atoms with Crippen LogP contribution in [-0.2, 0) is 0 Å². The lowest BCUT2D eigenvalue weighted by atomic mass is 9.89. The van der Waals surface area contributed by atoms with Gasteiger partial charge >= 0.3 is 0 Å². The van der Waals surface area contributed by atoms with Crippen LogP contribution in [0, 0.1) is 6.92 Å². The Balaban J connectivity index is 1.73. The predicted octanol–water partition coefficient (Wildman–Crippen LogP) is 3.53. The number of hydrogen-bond donors (Lipinski definition) is 1. The molecule has 3 heterocycles. The fraction of sp³-hybridized carbons (Fsp3) is 0.476. The van der Waals surface area contributed by atoms with E-state index in [0.29, 0.717) is 24.2 Å². The summed E-state index contributed by atoms with van der Waals surface area (Å²) in [6.07, 6.45) is 5.47. The Morgan fingerprint density at radius 3 is 2.67 bits per heavy atom. The molecule has 1 unspecified atom stereocenters. The van der Waals surface area contributed by atoms with E-state index in [1.807, 2.05) is 37.8 Å². The van der Waals surface area contributed by atoms with Crippen molar-refractivity contribution in [2.75, 3.05) is 13.1 Å². The van der Waals surface area contributed by atoms with Gasteiger partial charge in [-0.15, -0.1) is 0 Å². The van der Waals surface area contributed by atoms with Gasteiger partial charge in [-0.1, -0.05) is 6.92 Å². The molecule has 1 fully saturated rings. The number of carbonyl (C=O) groups excluding carboxylic acids is 2. The van der Waals surface area contributed by atoms with Crippen molar-refractivity contribution < 1.29 is 14.0 Å². The molecule has 6 heteroatoms. The Hall–Kier alpha value is -2.63. The molecule has 0 aliphatic carbocycles. The molecule has 2 aromatic rings. The first-order valence-corrected chi connectivity index (χ1v) is 9.59. The predicted molar refractivity (Wildman–Crippen MR) is 103 cm³/mol. The summed E-state index contributed by atoms with van der Waals surface area (Å²) in [6.45, 7) is 7.29. The van der Waals surface area contributed by atoms with Crippen LogP contribution in [0.3, 0.4) is 0 Å². The summed E-state index contributed by atoms with van der Waals surface area (Å²) < 4.78 is 5.01. The number of nitrogens with one attached hydrogen (secondary N) is 1. The molecule has 1 aliphatic heterocycles. The molecular weight excluding hydrogens is 342 g/mol. The third kappa shape index (κ3) is 4.38. The standard InChI is InChI=1S/C21H27N3O3/c1-4-14(2)23-20(25)18-6-5-15(3)22-19(18)16-7-10-24(11-8-16)21(26)17-9-12-27-13-17/h5-6,9,12-14,16H,4,7-8,10-11H2,1-3H3,(H,23,25). The Labute approximate surface area is 160 Å². The molecule has 6 nitrogen and oxygen atoms in total. The van der Waals surface area contributed by atoms with Crippen molar-refractivity contribution in [2.24, 2.45) is 0 Å². The maximum absolute atomic E-state index is 12.7. The molecule has 1 N–H and O–H groups in total. The number of aromatic nitrogens is 1. The first-order valence-electron chi connectivity index (χ1n) is 9.59. The second-order valence-corrected chi connectivity index (χ2v) is 7.25. The SMILES string of the molecule is CCC(C)NC(=O)c1ccc(C)nc1C1CCN(C(=O)c2ccoc2)CC1. The maximum Gasteiger partial charge on any atom is 0.257 e. The van der Waals surface area contributed by atoms with Crippen LogP contribution in [0.15, 0.2) is 35.1 Å². The van der Waals surface area contributed by atoms with Gasteiger partial charge in [0, 0.05) is 30.7 Å². The Bertz CT molecular complexity index is 793. The zero-order chi connectivity index (χ0) is 19.4. The number of aryl methyl sites for hydroxylation is 1. The van der Waals surface area contributed by atoms with Gasteiger partial charge in [0.15, 0.2) is 0 Å². The number of hydrogen-bond acceptors (Lipinski definition) is 4. The van der Waals surface area contributed by atoms with Crippen molar-refractivity contribution in [3.05, 3.63) is 53.2 Å². The van der Waals surface area contributed by atoms with E-state index in [9.17, 15) is 9.59 Å². The number of nitrogens with zero attached hydrogens (tertiary/aromatic N) is 2. The van der Waals surface area contributed by atoms with Crippen molar-refractivity contribution in [2.45, 2.75) is 52.0 Å². The van der Waals surface area contributed by atoms with Gasteiger partial charge in [0.2, 0.25) is 0 Å². The molecule has 0 bridgehead atoms. The molecule has 0 spiro atoms. The van der Waals surface area contributed by atoms with Crippen molar-refractivity contribution in [3.63, 3.8) is 0 Å². The smallest absolute Gasteiger partial charge is 0.257 e. The van der Waals surface area contributed by atoms with Gasteiger partial charge in [0.1, 0.15) is 6.26 Å². The summed E-state index contributed by atoms with van der Waals surface area (Å²) in [4.78, 5) is 31.7. The molecule has 27 heavy (non-hydrogen) atoms. The van der Waals surface area contributed by atoms with Crippen molar-refractivity contribution in [1.29, 1.82) is 0 Å². The molecule has 1 atom stereocenters. The van der Waals surface area contributed by atoms with E-state index in [1.165, 1.54) is 12.5 Å². The van der Waals surface area contributed by atoms with E-state index in [0.717, 1.165) is 30.7 Å². The molecule has 1 aliphatic rings. The number of carbonyl (C=O) groups is 2. The highest BCUT2D eigenvalue weighted by Gasteiger charge is 2.28.